The molecule has 0 saturated heterocycles. The van der Waals surface area contributed by atoms with Gasteiger partial charge in [0.25, 0.3) is 0 Å². The molecule has 0 amide bonds. The Hall–Kier alpha value is -3.53. The number of nitrogens with two attached hydrogens (primary N) is 4. The molecule has 2 atom stereocenters. The Bertz CT molecular complexity index is 1000. The van der Waals surface area contributed by atoms with Crippen LogP contribution in [-0.2, 0) is 19.6 Å². The number of carboxylic acid groups (broad SMARTS) is 2. The van der Waals surface area contributed by atoms with Gasteiger partial charge in [0.1, 0.15) is 17.8 Å². The minimum Gasteiger partial charge on any atom is -0.480 e. The monoisotopic (exact) mass is 545 g/mol. The quantitative estimate of drug-likeness (QED) is 0.121. The van der Waals surface area contributed by atoms with Crippen molar-refractivity contribution in [1.82, 2.24) is 10.3 Å². The second kappa shape index (κ2) is 19.6. The van der Waals surface area contributed by atoms with Gasteiger partial charge >= 0.3 is 11.9 Å². The van der Waals surface area contributed by atoms with Crippen molar-refractivity contribution in [2.75, 3.05) is 6.54 Å². The highest BCUT2D eigenvalue weighted by atomic mass is 32.2. The largest absolute Gasteiger partial charge is 0.480 e. The van der Waals surface area contributed by atoms with Gasteiger partial charge in [-0.2, -0.15) is 0 Å². The van der Waals surface area contributed by atoms with Crippen LogP contribution in [-0.4, -0.2) is 60.1 Å². The molecule has 0 aliphatic rings. The van der Waals surface area contributed by atoms with Crippen molar-refractivity contribution in [2.24, 2.45) is 28.3 Å². The van der Waals surface area contributed by atoms with E-state index >= 15 is 0 Å². The highest BCUT2D eigenvalue weighted by molar-refractivity contribution is 7.89. The van der Waals surface area contributed by atoms with Crippen molar-refractivity contribution >= 4 is 27.9 Å². The zero-order chi connectivity index (χ0) is 29.0. The summed E-state index contributed by atoms with van der Waals surface area (Å²) in [6.45, 7) is 6.23. The van der Waals surface area contributed by atoms with Gasteiger partial charge in [-0.25, -0.2) is 18.5 Å². The van der Waals surface area contributed by atoms with Gasteiger partial charge < -0.3 is 37.1 Å². The number of carboxylic acids is 2. The number of nitrogens with zero attached hydrogens (tertiary/aromatic N) is 1. The molecule has 0 radical (unpaired) electrons. The summed E-state index contributed by atoms with van der Waals surface area (Å²) in [7, 11) is -3.50. The standard InChI is InChI=1S/C6H14N4O2.C6H7NO2S.C6H13NO2.C4H5NO/c7-4(5(11)12)2-1-3-10-6(8)9;7-10(8,9)6-4-2-1-3-5-6;1-4(2)3-5(7)6(8)9;1-4-2-5-3-6-4/h4H,1-3,7H2,(H,11,12)(H4,8,9,10);1-5H,(H2,7,8,9);4-5H,3,7H2,1-2H3,(H,8,9);2-3H,1H3/t4-;;5-;/m0.0./s1. The van der Waals surface area contributed by atoms with Crippen LogP contribution >= 0.6 is 0 Å². The molecule has 1 aromatic carbocycles. The Balaban J connectivity index is 0. The third kappa shape index (κ3) is 22.7. The van der Waals surface area contributed by atoms with Gasteiger partial charge in [0, 0.05) is 6.54 Å². The lowest BCUT2D eigenvalue weighted by Gasteiger charge is -2.07. The van der Waals surface area contributed by atoms with Crippen molar-refractivity contribution in [1.29, 1.82) is 5.41 Å². The maximum Gasteiger partial charge on any atom is 0.320 e. The van der Waals surface area contributed by atoms with Crippen molar-refractivity contribution in [2.45, 2.75) is 57.0 Å². The van der Waals surface area contributed by atoms with E-state index in [1.54, 1.807) is 24.4 Å². The number of rotatable bonds is 9. The third-order valence-electron chi connectivity index (χ3n) is 3.99. The molecule has 0 fully saturated rings. The molecule has 0 saturated carbocycles. The van der Waals surface area contributed by atoms with Gasteiger partial charge in [0.05, 0.1) is 11.1 Å². The van der Waals surface area contributed by atoms with Crippen LogP contribution in [0.3, 0.4) is 0 Å². The molecule has 12 N–H and O–H groups in total. The number of hydrogen-bond donors (Lipinski definition) is 8. The number of oxazole rings is 1. The summed E-state index contributed by atoms with van der Waals surface area (Å²) in [5, 5.41) is 30.8. The molecule has 0 unspecified atom stereocenters. The van der Waals surface area contributed by atoms with E-state index in [0.717, 1.165) is 5.76 Å². The maximum absolute atomic E-state index is 10.6. The number of nitrogens with one attached hydrogen (secondary N) is 2. The lowest BCUT2D eigenvalue weighted by Crippen LogP contribution is -2.34. The molecule has 0 aliphatic heterocycles. The predicted octanol–water partition coefficient (Wildman–Crippen LogP) is 0.423. The second-order valence-corrected chi connectivity index (χ2v) is 9.53. The van der Waals surface area contributed by atoms with Crippen molar-refractivity contribution in [3.05, 3.63) is 48.7 Å². The van der Waals surface area contributed by atoms with Crippen LogP contribution in [0, 0.1) is 18.3 Å². The molecule has 14 nitrogen and oxygen atoms in total. The number of carbonyl (C=O) groups is 2. The van der Waals surface area contributed by atoms with Crippen LogP contribution < -0.4 is 27.7 Å². The molecule has 0 spiro atoms. The van der Waals surface area contributed by atoms with Gasteiger partial charge in [-0.1, -0.05) is 32.0 Å². The van der Waals surface area contributed by atoms with Gasteiger partial charge in [-0.3, -0.25) is 15.0 Å². The van der Waals surface area contributed by atoms with Crippen molar-refractivity contribution < 1.29 is 32.6 Å². The van der Waals surface area contributed by atoms with Gasteiger partial charge in [-0.15, -0.1) is 0 Å². The Morgan fingerprint density at radius 1 is 1.11 bits per heavy atom. The lowest BCUT2D eigenvalue weighted by molar-refractivity contribution is -0.139. The Labute approximate surface area is 217 Å². The molecular weight excluding hydrogens is 506 g/mol. The molecule has 15 heteroatoms. The zero-order valence-corrected chi connectivity index (χ0v) is 22.0. The average Bonchev–Trinajstić information content (AvgIpc) is 3.28. The van der Waals surface area contributed by atoms with E-state index in [1.807, 2.05) is 20.8 Å². The number of aromatic nitrogens is 1. The number of guanidine groups is 1. The van der Waals surface area contributed by atoms with Crippen LogP contribution in [0.5, 0.6) is 0 Å². The summed E-state index contributed by atoms with van der Waals surface area (Å²) >= 11 is 0. The van der Waals surface area contributed by atoms with E-state index in [9.17, 15) is 18.0 Å². The van der Waals surface area contributed by atoms with Crippen LogP contribution in [0.2, 0.25) is 0 Å². The summed E-state index contributed by atoms with van der Waals surface area (Å²) in [4.78, 5) is 24.1. The number of benzene rings is 1. The Morgan fingerprint density at radius 2 is 1.65 bits per heavy atom. The smallest absolute Gasteiger partial charge is 0.320 e. The van der Waals surface area contributed by atoms with Gasteiger partial charge in [-0.05, 0) is 44.2 Å². The van der Waals surface area contributed by atoms with Crippen LogP contribution in [0.15, 0.2) is 52.2 Å². The summed E-state index contributed by atoms with van der Waals surface area (Å²) < 4.78 is 25.9. The van der Waals surface area contributed by atoms with E-state index < -0.39 is 34.0 Å². The normalized spacial score (nSPS) is 11.8. The predicted molar refractivity (Wildman–Crippen MR) is 139 cm³/mol. The fourth-order valence-corrected chi connectivity index (χ4v) is 2.70. The molecular formula is C22H39N7O7S. The van der Waals surface area contributed by atoms with Gasteiger partial charge in [0.15, 0.2) is 12.4 Å². The topological polar surface area (TPSA) is 275 Å². The number of primary sulfonamides is 1. The first-order chi connectivity index (χ1) is 17.1. The first-order valence-corrected chi connectivity index (χ1v) is 12.6. The van der Waals surface area contributed by atoms with Gasteiger partial charge in [0.2, 0.25) is 10.0 Å². The Kier molecular flexibility index (Phi) is 18.9. The lowest BCUT2D eigenvalue weighted by atomic mass is 10.1. The summed E-state index contributed by atoms with van der Waals surface area (Å²) in [5.41, 5.74) is 15.4. The third-order valence-corrected chi connectivity index (χ3v) is 4.92. The van der Waals surface area contributed by atoms with Crippen molar-refractivity contribution in [3.8, 4) is 0 Å². The molecule has 1 aromatic heterocycles. The van der Waals surface area contributed by atoms with Crippen LogP contribution in [0.1, 0.15) is 38.9 Å². The summed E-state index contributed by atoms with van der Waals surface area (Å²) in [6.07, 6.45) is 4.60. The van der Waals surface area contributed by atoms with Crippen molar-refractivity contribution in [3.63, 3.8) is 0 Å². The number of sulfonamides is 1. The van der Waals surface area contributed by atoms with Crippen LogP contribution in [0.4, 0.5) is 0 Å². The average molecular weight is 546 g/mol. The molecule has 0 aliphatic carbocycles. The second-order valence-electron chi connectivity index (χ2n) is 7.97. The molecule has 37 heavy (non-hydrogen) atoms. The van der Waals surface area contributed by atoms with E-state index in [4.69, 9.17) is 42.4 Å². The maximum atomic E-state index is 10.6. The first kappa shape index (κ1) is 35.6. The fourth-order valence-electron chi connectivity index (χ4n) is 2.17. The van der Waals surface area contributed by atoms with E-state index in [2.05, 4.69) is 10.3 Å². The summed E-state index contributed by atoms with van der Waals surface area (Å²) in [6, 6.07) is 6.38. The first-order valence-electron chi connectivity index (χ1n) is 11.0. The Morgan fingerprint density at radius 3 is 1.92 bits per heavy atom. The molecule has 1 heterocycles. The summed E-state index contributed by atoms with van der Waals surface area (Å²) in [5.74, 6) is -0.813. The zero-order valence-electron chi connectivity index (χ0n) is 21.2. The molecule has 2 rings (SSSR count). The SMILES string of the molecule is CC(C)C[C@H](N)C(=O)O.Cc1cnco1.N=C(N)NCCC[C@H](N)C(=O)O.NS(=O)(=O)c1ccccc1. The minimum atomic E-state index is -3.50. The minimum absolute atomic E-state index is 0.112. The van der Waals surface area contributed by atoms with Crippen LogP contribution in [0.25, 0.3) is 0 Å². The van der Waals surface area contributed by atoms with E-state index in [-0.39, 0.29) is 10.9 Å². The number of hydrogen-bond acceptors (Lipinski definition) is 9. The number of aryl methyl sites for hydroxylation is 1. The van der Waals surface area contributed by atoms with E-state index in [0.29, 0.717) is 31.7 Å². The highest BCUT2D eigenvalue weighted by Crippen LogP contribution is 2.03. The fraction of sp³-hybridized carbons (Fsp3) is 0.455. The molecule has 0 bridgehead atoms. The molecule has 2 aromatic rings. The molecule has 210 valence electrons. The van der Waals surface area contributed by atoms with E-state index in [1.165, 1.54) is 18.5 Å². The number of aliphatic carboxylic acids is 2. The highest BCUT2D eigenvalue weighted by Gasteiger charge is 2.12.